The number of nitrogens with two attached hydrogens (primary N) is 1. The van der Waals surface area contributed by atoms with Gasteiger partial charge in [-0.15, -0.1) is 0 Å². The van der Waals surface area contributed by atoms with Gasteiger partial charge in [-0.25, -0.2) is 4.68 Å². The maximum atomic E-state index is 10.8. The molecule has 0 saturated heterocycles. The lowest BCUT2D eigenvalue weighted by molar-refractivity contribution is -0.384. The predicted molar refractivity (Wildman–Crippen MR) is 78.5 cm³/mol. The number of nitrogen functional groups attached to an aromatic ring is 1. The molecule has 0 aliphatic heterocycles. The number of anilines is 1. The highest BCUT2D eigenvalue weighted by Gasteiger charge is 2.26. The lowest BCUT2D eigenvalue weighted by atomic mass is 9.88. The van der Waals surface area contributed by atoms with Gasteiger partial charge in [-0.3, -0.25) is 10.1 Å². The molecule has 1 unspecified atom stereocenters. The van der Waals surface area contributed by atoms with Crippen molar-refractivity contribution in [3.8, 4) is 0 Å². The zero-order valence-electron chi connectivity index (χ0n) is 10.6. The van der Waals surface area contributed by atoms with Crippen LogP contribution in [-0.2, 0) is 12.8 Å². The Morgan fingerprint density at radius 1 is 1.45 bits per heavy atom. The molecule has 104 valence electrons. The van der Waals surface area contributed by atoms with Gasteiger partial charge < -0.3 is 5.73 Å². The van der Waals surface area contributed by atoms with Crippen molar-refractivity contribution in [2.75, 3.05) is 5.73 Å². The van der Waals surface area contributed by atoms with Crippen molar-refractivity contribution in [2.24, 2.45) is 0 Å². The summed E-state index contributed by atoms with van der Waals surface area (Å²) in [6.07, 6.45) is 3.83. The van der Waals surface area contributed by atoms with Gasteiger partial charge in [-0.05, 0) is 42.5 Å². The van der Waals surface area contributed by atoms with Crippen LogP contribution in [0.25, 0.3) is 0 Å². The minimum atomic E-state index is -0.493. The minimum absolute atomic E-state index is 0.0809. The first-order valence-electron chi connectivity index (χ1n) is 6.31. The average Bonchev–Trinajstić information content (AvgIpc) is 2.80. The van der Waals surface area contributed by atoms with Gasteiger partial charge in [0.15, 0.2) is 0 Å². The fourth-order valence-electron chi connectivity index (χ4n) is 2.71. The van der Waals surface area contributed by atoms with E-state index in [4.69, 9.17) is 5.73 Å². The molecule has 1 heterocycles. The summed E-state index contributed by atoms with van der Waals surface area (Å²) in [4.78, 5) is 10.3. The third kappa shape index (κ3) is 2.18. The van der Waals surface area contributed by atoms with E-state index in [1.165, 1.54) is 17.3 Å². The largest absolute Gasteiger partial charge is 0.378 e. The molecule has 0 radical (unpaired) electrons. The molecule has 6 nitrogen and oxygen atoms in total. The van der Waals surface area contributed by atoms with Crippen molar-refractivity contribution in [3.63, 3.8) is 0 Å². The first kappa shape index (κ1) is 13.1. The van der Waals surface area contributed by atoms with Gasteiger partial charge in [0.05, 0.1) is 11.0 Å². The van der Waals surface area contributed by atoms with Crippen molar-refractivity contribution in [1.82, 2.24) is 9.78 Å². The quantitative estimate of drug-likeness (QED) is 0.674. The van der Waals surface area contributed by atoms with Crippen LogP contribution < -0.4 is 5.73 Å². The van der Waals surface area contributed by atoms with E-state index in [1.807, 2.05) is 6.07 Å². The molecule has 1 aliphatic rings. The Hall–Kier alpha value is -1.89. The second-order valence-corrected chi connectivity index (χ2v) is 5.84. The lowest BCUT2D eigenvalue weighted by Gasteiger charge is -2.25. The number of aryl methyl sites for hydroxylation is 1. The summed E-state index contributed by atoms with van der Waals surface area (Å²) >= 11 is 3.47. The van der Waals surface area contributed by atoms with Crippen molar-refractivity contribution in [2.45, 2.75) is 25.3 Å². The smallest absolute Gasteiger partial charge is 0.330 e. The number of halogens is 1. The first-order chi connectivity index (χ1) is 9.56. The molecule has 0 saturated carbocycles. The third-order valence-corrected chi connectivity index (χ3v) is 4.22. The molecule has 7 heteroatoms. The lowest BCUT2D eigenvalue weighted by Crippen LogP contribution is -2.21. The van der Waals surface area contributed by atoms with Crippen molar-refractivity contribution in [1.29, 1.82) is 0 Å². The molecule has 0 amide bonds. The minimum Gasteiger partial charge on any atom is -0.378 e. The molecule has 20 heavy (non-hydrogen) atoms. The van der Waals surface area contributed by atoms with Crippen LogP contribution in [0, 0.1) is 10.1 Å². The molecular weight excluding hydrogens is 324 g/mol. The highest BCUT2D eigenvalue weighted by atomic mass is 79.9. The van der Waals surface area contributed by atoms with Crippen molar-refractivity contribution in [3.05, 3.63) is 50.1 Å². The number of nitro groups is 1. The Kier molecular flexibility index (Phi) is 3.21. The fourth-order valence-corrected chi connectivity index (χ4v) is 3.12. The zero-order valence-corrected chi connectivity index (χ0v) is 12.2. The van der Waals surface area contributed by atoms with Crippen LogP contribution in [0.15, 0.2) is 28.9 Å². The van der Waals surface area contributed by atoms with E-state index in [2.05, 4.69) is 33.2 Å². The molecule has 0 bridgehead atoms. The van der Waals surface area contributed by atoms with E-state index in [-0.39, 0.29) is 17.5 Å². The molecule has 2 N–H and O–H groups in total. The van der Waals surface area contributed by atoms with Crippen molar-refractivity contribution < 1.29 is 4.92 Å². The van der Waals surface area contributed by atoms with Gasteiger partial charge in [-0.2, -0.15) is 5.10 Å². The zero-order chi connectivity index (χ0) is 14.3. The Bertz CT molecular complexity index is 683. The number of benzene rings is 1. The van der Waals surface area contributed by atoms with E-state index in [0.717, 1.165) is 23.7 Å². The van der Waals surface area contributed by atoms with Crippen LogP contribution in [0.3, 0.4) is 0 Å². The Morgan fingerprint density at radius 2 is 2.25 bits per heavy atom. The third-order valence-electron chi connectivity index (χ3n) is 3.73. The molecule has 3 rings (SSSR count). The Morgan fingerprint density at radius 3 is 2.95 bits per heavy atom. The number of fused-ring (bicyclic) bond motifs is 1. The maximum Gasteiger partial charge on any atom is 0.330 e. The van der Waals surface area contributed by atoms with E-state index in [0.29, 0.717) is 0 Å². The first-order valence-corrected chi connectivity index (χ1v) is 7.10. The van der Waals surface area contributed by atoms with Crippen LogP contribution in [0.2, 0.25) is 0 Å². The topological polar surface area (TPSA) is 87.0 Å². The van der Waals surface area contributed by atoms with Crippen molar-refractivity contribution >= 4 is 27.4 Å². The van der Waals surface area contributed by atoms with E-state index in [9.17, 15) is 10.1 Å². The van der Waals surface area contributed by atoms with Crippen LogP contribution >= 0.6 is 15.9 Å². The molecular formula is C13H13BrN4O2. The van der Waals surface area contributed by atoms with Gasteiger partial charge in [0.25, 0.3) is 0 Å². The molecule has 1 atom stereocenters. The number of hydrogen-bond acceptors (Lipinski definition) is 4. The second-order valence-electron chi connectivity index (χ2n) is 4.93. The SMILES string of the molecule is Nc1c([N+](=O)[O-])cnn1C1CCc2cc(Br)ccc2C1. The van der Waals surface area contributed by atoms with Gasteiger partial charge in [0.1, 0.15) is 6.20 Å². The summed E-state index contributed by atoms with van der Waals surface area (Å²) in [5, 5.41) is 14.9. The second kappa shape index (κ2) is 4.90. The Labute approximate surface area is 123 Å². The molecule has 1 aliphatic carbocycles. The number of hydrogen-bond donors (Lipinski definition) is 1. The monoisotopic (exact) mass is 336 g/mol. The van der Waals surface area contributed by atoms with Crippen LogP contribution in [0.4, 0.5) is 11.5 Å². The van der Waals surface area contributed by atoms with Gasteiger partial charge in [-0.1, -0.05) is 22.0 Å². The predicted octanol–water partition coefficient (Wildman–Crippen LogP) is 2.87. The summed E-state index contributed by atoms with van der Waals surface area (Å²) in [5.41, 5.74) is 8.28. The highest BCUT2D eigenvalue weighted by Crippen LogP contribution is 2.33. The molecule has 0 fully saturated rings. The summed E-state index contributed by atoms with van der Waals surface area (Å²) < 4.78 is 2.66. The molecule has 1 aromatic heterocycles. The van der Waals surface area contributed by atoms with Crippen LogP contribution in [0.1, 0.15) is 23.6 Å². The maximum absolute atomic E-state index is 10.8. The normalized spacial score (nSPS) is 17.8. The number of rotatable bonds is 2. The molecule has 1 aromatic carbocycles. The van der Waals surface area contributed by atoms with Crippen LogP contribution in [-0.4, -0.2) is 14.7 Å². The van der Waals surface area contributed by atoms with Gasteiger partial charge in [0, 0.05) is 4.47 Å². The van der Waals surface area contributed by atoms with E-state index < -0.39 is 4.92 Å². The van der Waals surface area contributed by atoms with E-state index >= 15 is 0 Å². The number of nitrogens with zero attached hydrogens (tertiary/aromatic N) is 3. The molecule has 2 aromatic rings. The highest BCUT2D eigenvalue weighted by molar-refractivity contribution is 9.10. The summed E-state index contributed by atoms with van der Waals surface area (Å²) in [6, 6.07) is 6.30. The van der Waals surface area contributed by atoms with Crippen LogP contribution in [0.5, 0.6) is 0 Å². The molecule has 0 spiro atoms. The average molecular weight is 337 g/mol. The number of aromatic nitrogens is 2. The summed E-state index contributed by atoms with van der Waals surface area (Å²) in [7, 11) is 0. The fraction of sp³-hybridized carbons (Fsp3) is 0.308. The summed E-state index contributed by atoms with van der Waals surface area (Å²) in [6.45, 7) is 0. The Balaban J connectivity index is 1.90. The van der Waals surface area contributed by atoms with E-state index in [1.54, 1.807) is 4.68 Å². The van der Waals surface area contributed by atoms with Gasteiger partial charge >= 0.3 is 5.69 Å². The van der Waals surface area contributed by atoms with Gasteiger partial charge in [0.2, 0.25) is 5.82 Å². The standard InChI is InChI=1S/C13H13BrN4O2/c14-10-3-1-9-6-11(4-2-8(9)5-10)17-13(15)12(7-16-17)18(19)20/h1,3,5,7,11H,2,4,6,15H2. The summed E-state index contributed by atoms with van der Waals surface area (Å²) in [5.74, 6) is 0.139.